The largest absolute Gasteiger partial charge is 0.337 e. The summed E-state index contributed by atoms with van der Waals surface area (Å²) >= 11 is 0. The topological polar surface area (TPSA) is 73.8 Å². The van der Waals surface area contributed by atoms with Crippen LogP contribution in [0.1, 0.15) is 22.1 Å². The molecule has 0 aliphatic carbocycles. The molecule has 0 unspecified atom stereocenters. The molecule has 1 aromatic carbocycles. The fourth-order valence-electron chi connectivity index (χ4n) is 1.93. The Hall–Kier alpha value is -2.83. The fraction of sp³-hybridized carbons (Fsp3) is 0.143. The SMILES string of the molecule is Cc1nccn1Cc1nc(-c2cc(C=O)ccc2F)no1. The molecule has 7 heteroatoms. The number of aryl methyl sites for hydroxylation is 1. The van der Waals surface area contributed by atoms with E-state index in [-0.39, 0.29) is 11.4 Å². The van der Waals surface area contributed by atoms with Gasteiger partial charge in [0.25, 0.3) is 0 Å². The number of nitrogens with zero attached hydrogens (tertiary/aromatic N) is 4. The van der Waals surface area contributed by atoms with Crippen LogP contribution in [0.5, 0.6) is 0 Å². The average Bonchev–Trinajstić information content (AvgIpc) is 3.10. The highest BCUT2D eigenvalue weighted by Crippen LogP contribution is 2.21. The molecule has 0 fully saturated rings. The van der Waals surface area contributed by atoms with Crippen molar-refractivity contribution < 1.29 is 13.7 Å². The molecule has 2 heterocycles. The molecule has 0 bridgehead atoms. The van der Waals surface area contributed by atoms with Gasteiger partial charge in [-0.25, -0.2) is 9.37 Å². The Morgan fingerprint density at radius 2 is 2.29 bits per heavy atom. The zero-order valence-electron chi connectivity index (χ0n) is 11.2. The van der Waals surface area contributed by atoms with Crippen molar-refractivity contribution in [1.29, 1.82) is 0 Å². The van der Waals surface area contributed by atoms with Crippen molar-refractivity contribution in [2.45, 2.75) is 13.5 Å². The molecule has 0 amide bonds. The van der Waals surface area contributed by atoms with Gasteiger partial charge in [0.1, 0.15) is 24.5 Å². The van der Waals surface area contributed by atoms with Crippen LogP contribution in [0.2, 0.25) is 0 Å². The van der Waals surface area contributed by atoms with Gasteiger partial charge in [0.2, 0.25) is 11.7 Å². The van der Waals surface area contributed by atoms with Crippen molar-refractivity contribution in [3.8, 4) is 11.4 Å². The first kappa shape index (κ1) is 13.2. The standard InChI is InChI=1S/C14H11FN4O2/c1-9-16-4-5-19(9)7-13-17-14(18-21-13)11-6-10(8-20)2-3-12(11)15/h2-6,8H,7H2,1H3. The van der Waals surface area contributed by atoms with E-state index in [1.807, 2.05) is 11.5 Å². The van der Waals surface area contributed by atoms with Gasteiger partial charge in [-0.05, 0) is 25.1 Å². The number of halogens is 1. The molecular formula is C14H11FN4O2. The summed E-state index contributed by atoms with van der Waals surface area (Å²) in [6.45, 7) is 2.21. The number of carbonyl (C=O) groups is 1. The van der Waals surface area contributed by atoms with Gasteiger partial charge in [0, 0.05) is 18.0 Å². The van der Waals surface area contributed by atoms with Gasteiger partial charge < -0.3 is 9.09 Å². The van der Waals surface area contributed by atoms with E-state index in [1.165, 1.54) is 18.2 Å². The second kappa shape index (κ2) is 5.28. The van der Waals surface area contributed by atoms with Gasteiger partial charge in [-0.3, -0.25) is 4.79 Å². The predicted octanol–water partition coefficient (Wildman–Crippen LogP) is 2.24. The van der Waals surface area contributed by atoms with Crippen molar-refractivity contribution in [1.82, 2.24) is 19.7 Å². The van der Waals surface area contributed by atoms with Crippen LogP contribution >= 0.6 is 0 Å². The maximum Gasteiger partial charge on any atom is 0.246 e. The van der Waals surface area contributed by atoms with E-state index >= 15 is 0 Å². The summed E-state index contributed by atoms with van der Waals surface area (Å²) < 4.78 is 20.7. The number of imidazole rings is 1. The summed E-state index contributed by atoms with van der Waals surface area (Å²) in [6.07, 6.45) is 4.09. The molecule has 0 saturated heterocycles. The van der Waals surface area contributed by atoms with Crippen LogP contribution in [0.25, 0.3) is 11.4 Å². The third-order valence-electron chi connectivity index (χ3n) is 3.06. The molecule has 2 aromatic heterocycles. The lowest BCUT2D eigenvalue weighted by Crippen LogP contribution is -2.01. The van der Waals surface area contributed by atoms with Crippen molar-refractivity contribution in [3.05, 3.63) is 53.7 Å². The van der Waals surface area contributed by atoms with Crippen molar-refractivity contribution in [3.63, 3.8) is 0 Å². The van der Waals surface area contributed by atoms with E-state index in [0.717, 1.165) is 5.82 Å². The zero-order chi connectivity index (χ0) is 14.8. The summed E-state index contributed by atoms with van der Waals surface area (Å²) in [5.41, 5.74) is 0.486. The van der Waals surface area contributed by atoms with Crippen molar-refractivity contribution >= 4 is 6.29 Å². The molecule has 106 valence electrons. The molecule has 0 saturated carbocycles. The van der Waals surface area contributed by atoms with Gasteiger partial charge >= 0.3 is 0 Å². The smallest absolute Gasteiger partial charge is 0.246 e. The number of rotatable bonds is 4. The van der Waals surface area contributed by atoms with Gasteiger partial charge in [0.05, 0.1) is 5.56 Å². The van der Waals surface area contributed by atoms with Crippen LogP contribution in [0.3, 0.4) is 0 Å². The number of aromatic nitrogens is 4. The summed E-state index contributed by atoms with van der Waals surface area (Å²) in [6, 6.07) is 3.98. The summed E-state index contributed by atoms with van der Waals surface area (Å²) in [7, 11) is 0. The van der Waals surface area contributed by atoms with E-state index in [9.17, 15) is 9.18 Å². The molecular weight excluding hydrogens is 275 g/mol. The van der Waals surface area contributed by atoms with Crippen molar-refractivity contribution in [2.24, 2.45) is 0 Å². The summed E-state index contributed by atoms with van der Waals surface area (Å²) in [5, 5.41) is 3.76. The first-order valence-corrected chi connectivity index (χ1v) is 6.23. The third-order valence-corrected chi connectivity index (χ3v) is 3.06. The monoisotopic (exact) mass is 286 g/mol. The first-order valence-electron chi connectivity index (χ1n) is 6.23. The lowest BCUT2D eigenvalue weighted by atomic mass is 10.1. The van der Waals surface area contributed by atoms with E-state index in [2.05, 4.69) is 15.1 Å². The average molecular weight is 286 g/mol. The Bertz CT molecular complexity index is 794. The first-order chi connectivity index (χ1) is 10.2. The van der Waals surface area contributed by atoms with Gasteiger partial charge in [-0.2, -0.15) is 4.98 Å². The van der Waals surface area contributed by atoms with E-state index in [1.54, 1.807) is 12.4 Å². The molecule has 0 N–H and O–H groups in total. The molecule has 0 aliphatic rings. The Kier molecular flexibility index (Phi) is 3.31. The maximum atomic E-state index is 13.8. The quantitative estimate of drug-likeness (QED) is 0.688. The van der Waals surface area contributed by atoms with Gasteiger partial charge in [0.15, 0.2) is 0 Å². The van der Waals surface area contributed by atoms with E-state index in [0.29, 0.717) is 24.3 Å². The lowest BCUT2D eigenvalue weighted by molar-refractivity contribution is 0.112. The number of hydrogen-bond acceptors (Lipinski definition) is 5. The number of carbonyl (C=O) groups excluding carboxylic acids is 1. The van der Waals surface area contributed by atoms with Crippen LogP contribution in [0, 0.1) is 12.7 Å². The molecule has 3 rings (SSSR count). The minimum Gasteiger partial charge on any atom is -0.337 e. The molecule has 0 aliphatic heterocycles. The second-order valence-electron chi connectivity index (χ2n) is 4.47. The normalized spacial score (nSPS) is 10.8. The minimum absolute atomic E-state index is 0.115. The Labute approximate surface area is 119 Å². The Morgan fingerprint density at radius 3 is 3.00 bits per heavy atom. The Morgan fingerprint density at radius 1 is 1.43 bits per heavy atom. The van der Waals surface area contributed by atoms with E-state index in [4.69, 9.17) is 4.52 Å². The van der Waals surface area contributed by atoms with Crippen LogP contribution < -0.4 is 0 Å². The highest BCUT2D eigenvalue weighted by molar-refractivity contribution is 5.77. The van der Waals surface area contributed by atoms with Crippen LogP contribution in [0.4, 0.5) is 4.39 Å². The Balaban J connectivity index is 1.91. The van der Waals surface area contributed by atoms with Gasteiger partial charge in [-0.15, -0.1) is 0 Å². The maximum absolute atomic E-state index is 13.8. The van der Waals surface area contributed by atoms with Crippen LogP contribution in [-0.4, -0.2) is 26.0 Å². The molecule has 0 atom stereocenters. The minimum atomic E-state index is -0.508. The lowest BCUT2D eigenvalue weighted by Gasteiger charge is -1.99. The number of aldehydes is 1. The molecule has 0 spiro atoms. The molecule has 0 radical (unpaired) electrons. The van der Waals surface area contributed by atoms with Crippen LogP contribution in [-0.2, 0) is 6.54 Å². The molecule has 3 aromatic rings. The van der Waals surface area contributed by atoms with Crippen LogP contribution in [0.15, 0.2) is 35.1 Å². The second-order valence-corrected chi connectivity index (χ2v) is 4.47. The summed E-state index contributed by atoms with van der Waals surface area (Å²) in [5.74, 6) is 0.751. The van der Waals surface area contributed by atoms with Gasteiger partial charge in [-0.1, -0.05) is 5.16 Å². The highest BCUT2D eigenvalue weighted by atomic mass is 19.1. The number of hydrogen-bond donors (Lipinski definition) is 0. The fourth-order valence-corrected chi connectivity index (χ4v) is 1.93. The van der Waals surface area contributed by atoms with Crippen molar-refractivity contribution in [2.75, 3.05) is 0 Å². The molecule has 6 nitrogen and oxygen atoms in total. The highest BCUT2D eigenvalue weighted by Gasteiger charge is 2.14. The summed E-state index contributed by atoms with van der Waals surface area (Å²) in [4.78, 5) is 19.0. The number of benzene rings is 1. The molecule has 21 heavy (non-hydrogen) atoms. The zero-order valence-corrected chi connectivity index (χ0v) is 11.2. The predicted molar refractivity (Wildman–Crippen MR) is 71.1 cm³/mol. The third kappa shape index (κ3) is 2.58. The van der Waals surface area contributed by atoms with E-state index < -0.39 is 5.82 Å².